The van der Waals surface area contributed by atoms with Crippen LogP contribution in [0.1, 0.15) is 11.1 Å². The molecule has 0 amide bonds. The van der Waals surface area contributed by atoms with E-state index in [1.165, 1.54) is 16.2 Å². The predicted octanol–water partition coefficient (Wildman–Crippen LogP) is 2.27. The van der Waals surface area contributed by atoms with Crippen LogP contribution in [0.2, 0.25) is 0 Å². The molecule has 0 saturated heterocycles. The van der Waals surface area contributed by atoms with Gasteiger partial charge >= 0.3 is 11.7 Å². The third-order valence-corrected chi connectivity index (χ3v) is 5.09. The number of para-hydroxylation sites is 1. The highest BCUT2D eigenvalue weighted by Crippen LogP contribution is 2.25. The fraction of sp³-hybridized carbons (Fsp3) is 0.261. The number of aliphatic hydroxyl groups excluding tert-OH is 1. The first-order valence-electron chi connectivity index (χ1n) is 10.1. The van der Waals surface area contributed by atoms with Crippen LogP contribution < -0.4 is 20.7 Å². The minimum absolute atomic E-state index is 0.00190. The second-order valence-electron chi connectivity index (χ2n) is 7.64. The van der Waals surface area contributed by atoms with E-state index in [4.69, 9.17) is 9.47 Å². The molecule has 0 radical (unpaired) electrons. The number of benzene rings is 2. The maximum Gasteiger partial charge on any atom is 0.329 e. The van der Waals surface area contributed by atoms with Crippen molar-refractivity contribution in [3.05, 3.63) is 80.5 Å². The third-order valence-electron chi connectivity index (χ3n) is 5.09. The zero-order valence-corrected chi connectivity index (χ0v) is 18.0. The largest absolute Gasteiger partial charge is 0.491 e. The Hall–Kier alpha value is -3.85. The van der Waals surface area contributed by atoms with Crippen LogP contribution in [-0.4, -0.2) is 36.9 Å². The molecular weight excluding hydrogens is 412 g/mol. The van der Waals surface area contributed by atoms with Crippen LogP contribution in [0.15, 0.2) is 58.1 Å². The Labute approximate surface area is 183 Å². The zero-order chi connectivity index (χ0) is 22.8. The van der Waals surface area contributed by atoms with E-state index >= 15 is 0 Å². The Balaban J connectivity index is 1.69. The van der Waals surface area contributed by atoms with E-state index in [2.05, 4.69) is 9.97 Å². The molecular formula is C23H24N4O5. The van der Waals surface area contributed by atoms with Crippen LogP contribution >= 0.6 is 0 Å². The van der Waals surface area contributed by atoms with Gasteiger partial charge in [0.2, 0.25) is 0 Å². The number of hydrogen-bond donors (Lipinski definition) is 2. The number of aliphatic hydroxyl groups is 1. The predicted molar refractivity (Wildman–Crippen MR) is 120 cm³/mol. The van der Waals surface area contributed by atoms with Crippen LogP contribution in [0, 0.1) is 13.8 Å². The Morgan fingerprint density at radius 3 is 2.66 bits per heavy atom. The average molecular weight is 436 g/mol. The Morgan fingerprint density at radius 1 is 1.12 bits per heavy atom. The molecule has 0 aliphatic rings. The monoisotopic (exact) mass is 436 g/mol. The maximum atomic E-state index is 12.6. The van der Waals surface area contributed by atoms with Crippen LogP contribution in [0.4, 0.5) is 0 Å². The number of aromatic nitrogens is 4. The van der Waals surface area contributed by atoms with Crippen molar-refractivity contribution in [3.63, 3.8) is 0 Å². The second kappa shape index (κ2) is 8.72. The van der Waals surface area contributed by atoms with Crippen LogP contribution in [0.5, 0.6) is 17.5 Å². The van der Waals surface area contributed by atoms with Crippen molar-refractivity contribution in [1.82, 2.24) is 19.1 Å². The number of nitrogens with one attached hydrogen (secondary N) is 1. The molecule has 4 aromatic rings. The highest BCUT2D eigenvalue weighted by molar-refractivity contribution is 5.71. The van der Waals surface area contributed by atoms with Crippen LogP contribution in [-0.2, 0) is 13.6 Å². The lowest BCUT2D eigenvalue weighted by Gasteiger charge is -2.16. The van der Waals surface area contributed by atoms with Crippen molar-refractivity contribution in [2.24, 2.45) is 7.05 Å². The first-order chi connectivity index (χ1) is 15.3. The van der Waals surface area contributed by atoms with Crippen LogP contribution in [0.25, 0.3) is 11.2 Å². The SMILES string of the molecule is Cc1cccc(Oc2nc3c(c(=O)[nH]c(=O)n3C)n2C[C@H](O)COc2ccccc2C)c1. The molecule has 0 aliphatic carbocycles. The molecule has 0 unspecified atom stereocenters. The molecule has 166 valence electrons. The molecule has 4 rings (SSSR count). The zero-order valence-electron chi connectivity index (χ0n) is 18.0. The summed E-state index contributed by atoms with van der Waals surface area (Å²) in [5.41, 5.74) is 1.03. The normalized spacial score (nSPS) is 12.1. The van der Waals surface area contributed by atoms with Gasteiger partial charge in [-0.2, -0.15) is 4.98 Å². The summed E-state index contributed by atoms with van der Waals surface area (Å²) in [7, 11) is 1.51. The molecule has 0 saturated carbocycles. The van der Waals surface area contributed by atoms with E-state index in [1.807, 2.05) is 56.3 Å². The molecule has 0 bridgehead atoms. The molecule has 9 nitrogen and oxygen atoms in total. The molecule has 2 aromatic carbocycles. The smallest absolute Gasteiger partial charge is 0.329 e. The second-order valence-corrected chi connectivity index (χ2v) is 7.64. The molecule has 0 fully saturated rings. The average Bonchev–Trinajstić information content (AvgIpc) is 3.10. The summed E-state index contributed by atoms with van der Waals surface area (Å²) in [5, 5.41) is 10.7. The first kappa shape index (κ1) is 21.4. The summed E-state index contributed by atoms with van der Waals surface area (Å²) < 4.78 is 14.4. The number of imidazole rings is 1. The van der Waals surface area contributed by atoms with Crippen molar-refractivity contribution < 1.29 is 14.6 Å². The standard InChI is InChI=1S/C23H24N4O5/c1-14-7-6-9-17(11-14)32-23-24-20-19(21(29)25-22(30)26(20)3)27(23)12-16(28)13-31-18-10-5-4-8-15(18)2/h4-11,16,28H,12-13H2,1-3H3,(H,25,29,30)/t16-/m0/s1. The molecule has 2 aromatic heterocycles. The number of fused-ring (bicyclic) bond motifs is 1. The highest BCUT2D eigenvalue weighted by atomic mass is 16.5. The van der Waals surface area contributed by atoms with Crippen molar-refractivity contribution >= 4 is 11.2 Å². The van der Waals surface area contributed by atoms with E-state index in [1.54, 1.807) is 6.07 Å². The van der Waals surface area contributed by atoms with Gasteiger partial charge in [-0.15, -0.1) is 0 Å². The molecule has 9 heteroatoms. The number of nitrogens with zero attached hydrogens (tertiary/aromatic N) is 3. The minimum atomic E-state index is -0.969. The summed E-state index contributed by atoms with van der Waals surface area (Å²) in [5.74, 6) is 1.19. The van der Waals surface area contributed by atoms with Crippen LogP contribution in [0.3, 0.4) is 0 Å². The summed E-state index contributed by atoms with van der Waals surface area (Å²) >= 11 is 0. The van der Waals surface area contributed by atoms with Crippen molar-refractivity contribution in [1.29, 1.82) is 0 Å². The quantitative estimate of drug-likeness (QED) is 0.460. The van der Waals surface area contributed by atoms with Crippen molar-refractivity contribution in [2.45, 2.75) is 26.5 Å². The molecule has 32 heavy (non-hydrogen) atoms. The number of ether oxygens (including phenoxy) is 2. The lowest BCUT2D eigenvalue weighted by molar-refractivity contribution is 0.0912. The molecule has 2 heterocycles. The first-order valence-corrected chi connectivity index (χ1v) is 10.1. The van der Waals surface area contributed by atoms with Gasteiger partial charge in [0.15, 0.2) is 11.2 Å². The Bertz CT molecular complexity index is 1390. The molecule has 0 spiro atoms. The summed E-state index contributed by atoms with van der Waals surface area (Å²) in [6, 6.07) is 14.9. The number of H-pyrrole nitrogens is 1. The summed E-state index contributed by atoms with van der Waals surface area (Å²) in [4.78, 5) is 31.3. The van der Waals surface area contributed by atoms with Crippen molar-refractivity contribution in [3.8, 4) is 17.5 Å². The van der Waals surface area contributed by atoms with E-state index < -0.39 is 17.4 Å². The van der Waals surface area contributed by atoms with Gasteiger partial charge in [0.25, 0.3) is 5.56 Å². The van der Waals surface area contributed by atoms with E-state index in [-0.39, 0.29) is 30.3 Å². The highest BCUT2D eigenvalue weighted by Gasteiger charge is 2.21. The van der Waals surface area contributed by atoms with E-state index in [9.17, 15) is 14.7 Å². The molecule has 0 aliphatic heterocycles. The van der Waals surface area contributed by atoms with Gasteiger partial charge < -0.3 is 14.6 Å². The van der Waals surface area contributed by atoms with Gasteiger partial charge in [-0.3, -0.25) is 18.9 Å². The fourth-order valence-electron chi connectivity index (χ4n) is 3.41. The number of aromatic amines is 1. The van der Waals surface area contributed by atoms with Gasteiger partial charge in [0.05, 0.1) is 6.54 Å². The lowest BCUT2D eigenvalue weighted by Crippen LogP contribution is -2.30. The topological polar surface area (TPSA) is 111 Å². The minimum Gasteiger partial charge on any atom is -0.491 e. The Morgan fingerprint density at radius 2 is 1.91 bits per heavy atom. The van der Waals surface area contributed by atoms with Gasteiger partial charge in [-0.25, -0.2) is 4.79 Å². The van der Waals surface area contributed by atoms with Gasteiger partial charge in [-0.1, -0.05) is 30.3 Å². The van der Waals surface area contributed by atoms with Crippen molar-refractivity contribution in [2.75, 3.05) is 6.61 Å². The summed E-state index contributed by atoms with van der Waals surface area (Å²) in [6.45, 7) is 3.82. The Kier molecular flexibility index (Phi) is 5.83. The van der Waals surface area contributed by atoms with Gasteiger partial charge in [-0.05, 0) is 43.2 Å². The fourth-order valence-corrected chi connectivity index (χ4v) is 3.41. The number of hydrogen-bond acceptors (Lipinski definition) is 6. The lowest BCUT2D eigenvalue weighted by atomic mass is 10.2. The number of rotatable bonds is 7. The van der Waals surface area contributed by atoms with E-state index in [0.717, 1.165) is 11.1 Å². The van der Waals surface area contributed by atoms with Gasteiger partial charge in [0.1, 0.15) is 24.2 Å². The van der Waals surface area contributed by atoms with Gasteiger partial charge in [0, 0.05) is 7.05 Å². The summed E-state index contributed by atoms with van der Waals surface area (Å²) in [6.07, 6.45) is -0.969. The molecule has 2 N–H and O–H groups in total. The molecule has 1 atom stereocenters. The third kappa shape index (κ3) is 4.28. The maximum absolute atomic E-state index is 12.6. The van der Waals surface area contributed by atoms with E-state index in [0.29, 0.717) is 11.5 Å². The number of aryl methyl sites for hydroxylation is 3.